The van der Waals surface area contributed by atoms with E-state index >= 15 is 0 Å². The number of amides is 5. The van der Waals surface area contributed by atoms with Gasteiger partial charge in [0.05, 0.1) is 13.0 Å². The van der Waals surface area contributed by atoms with Gasteiger partial charge in [-0.25, -0.2) is 4.79 Å². The van der Waals surface area contributed by atoms with Gasteiger partial charge in [0.15, 0.2) is 0 Å². The third-order valence-corrected chi connectivity index (χ3v) is 9.47. The number of nitrogens with one attached hydrogen (secondary N) is 3. The Balaban J connectivity index is 1.40. The van der Waals surface area contributed by atoms with Crippen molar-refractivity contribution in [3.63, 3.8) is 0 Å². The van der Waals surface area contributed by atoms with Crippen molar-refractivity contribution >= 4 is 41.5 Å². The van der Waals surface area contributed by atoms with E-state index in [1.54, 1.807) is 30.3 Å². The second-order valence-corrected chi connectivity index (χ2v) is 13.7. The number of primary amides is 1. The quantitative estimate of drug-likeness (QED) is 0.0805. The smallest absolute Gasteiger partial charge is 0.326 e. The summed E-state index contributed by atoms with van der Waals surface area (Å²) >= 11 is 0. The van der Waals surface area contributed by atoms with Crippen LogP contribution in [0.25, 0.3) is 0 Å². The van der Waals surface area contributed by atoms with Crippen LogP contribution in [0.1, 0.15) is 115 Å². The van der Waals surface area contributed by atoms with Gasteiger partial charge in [-0.3, -0.25) is 28.8 Å². The van der Waals surface area contributed by atoms with E-state index in [-0.39, 0.29) is 31.8 Å². The van der Waals surface area contributed by atoms with E-state index in [1.807, 2.05) is 0 Å². The molecule has 0 spiro atoms. The number of piperidine rings is 1. The summed E-state index contributed by atoms with van der Waals surface area (Å²) in [6.45, 7) is -0.159. The summed E-state index contributed by atoms with van der Waals surface area (Å²) in [5.74, 6) is -5.35. The van der Waals surface area contributed by atoms with Crippen LogP contribution in [-0.2, 0) is 44.7 Å². The van der Waals surface area contributed by atoms with Crippen LogP contribution in [-0.4, -0.2) is 93.6 Å². The summed E-state index contributed by atoms with van der Waals surface area (Å²) < 4.78 is 5.70. The number of aliphatic carboxylic acids is 2. The number of unbranched alkanes of at least 4 members (excludes halogenated alkanes) is 11. The first-order valence-electron chi connectivity index (χ1n) is 18.6. The van der Waals surface area contributed by atoms with E-state index in [0.29, 0.717) is 24.8 Å². The molecular weight excluding hydrogens is 674 g/mol. The third kappa shape index (κ3) is 14.6. The monoisotopic (exact) mass is 729 g/mol. The molecule has 0 saturated carbocycles. The summed E-state index contributed by atoms with van der Waals surface area (Å²) in [6, 6.07) is 3.83. The molecule has 7 N–H and O–H groups in total. The fourth-order valence-corrected chi connectivity index (χ4v) is 6.63. The molecule has 15 nitrogen and oxygen atoms in total. The molecular formula is C37H55N5O10. The molecule has 0 radical (unpaired) electrons. The number of nitrogens with zero attached hydrogens (tertiary/aromatic N) is 1. The van der Waals surface area contributed by atoms with Crippen molar-refractivity contribution in [1.29, 1.82) is 0 Å². The Hall–Kier alpha value is -4.53. The lowest BCUT2D eigenvalue weighted by molar-refractivity contribution is -0.150. The molecule has 0 unspecified atom stereocenters. The average molecular weight is 730 g/mol. The lowest BCUT2D eigenvalue weighted by Gasteiger charge is -2.36. The van der Waals surface area contributed by atoms with Crippen molar-refractivity contribution < 1.29 is 48.5 Å². The van der Waals surface area contributed by atoms with Crippen LogP contribution in [0.5, 0.6) is 0 Å². The van der Waals surface area contributed by atoms with Gasteiger partial charge in [0, 0.05) is 19.3 Å². The summed E-state index contributed by atoms with van der Waals surface area (Å²) in [7, 11) is 0. The molecule has 2 aliphatic rings. The van der Waals surface area contributed by atoms with Crippen molar-refractivity contribution in [2.75, 3.05) is 6.61 Å². The molecule has 0 bridgehead atoms. The van der Waals surface area contributed by atoms with E-state index in [2.05, 4.69) is 16.0 Å². The molecule has 52 heavy (non-hydrogen) atoms. The van der Waals surface area contributed by atoms with E-state index in [0.717, 1.165) is 51.4 Å². The number of benzene rings is 1. The molecule has 0 aromatic heterocycles. The van der Waals surface area contributed by atoms with Crippen molar-refractivity contribution in [2.45, 2.75) is 146 Å². The number of ether oxygens (including phenoxy) is 1. The second-order valence-electron chi connectivity index (χ2n) is 13.7. The Morgan fingerprint density at radius 2 is 1.37 bits per heavy atom. The minimum Gasteiger partial charge on any atom is -0.481 e. The van der Waals surface area contributed by atoms with Crippen molar-refractivity contribution in [2.24, 2.45) is 5.73 Å². The summed E-state index contributed by atoms with van der Waals surface area (Å²) in [5, 5.41) is 26.0. The highest BCUT2D eigenvalue weighted by Crippen LogP contribution is 2.28. The molecule has 5 amide bonds. The topological polar surface area (TPSA) is 235 Å². The Labute approximate surface area is 304 Å². The summed E-state index contributed by atoms with van der Waals surface area (Å²) in [5.41, 5.74) is 6.00. The maximum absolute atomic E-state index is 13.5. The largest absolute Gasteiger partial charge is 0.481 e. The zero-order chi connectivity index (χ0) is 37.9. The first kappa shape index (κ1) is 41.9. The van der Waals surface area contributed by atoms with Gasteiger partial charge in [-0.2, -0.15) is 0 Å². The number of carboxylic acid groups (broad SMARTS) is 2. The summed E-state index contributed by atoms with van der Waals surface area (Å²) in [6.07, 6.45) is 12.2. The first-order chi connectivity index (χ1) is 25.0. The number of carbonyl (C=O) groups is 7. The standard InChI is InChI=1S/C37H55N5O10/c38-30(43)23-27(34(47)41-28(37(50)51)22-25-16-12-11-13-17-25)40-35(48)29-24-52-32-21-20-26(36(49)42(29)32)39-31(44)18-14-9-7-5-3-1-2-4-6-8-10-15-19-33(45)46/h11-13,16-17,26-29,32H,1-10,14-15,18-24H2,(H2,38,43)(H,39,44)(H,40,48)(H,41,47)(H,45,46)(H,50,51)/t26-,27-,28-,29-,32-/m0/s1. The van der Waals surface area contributed by atoms with Crippen LogP contribution < -0.4 is 21.7 Å². The fraction of sp³-hybridized carbons (Fsp3) is 0.649. The van der Waals surface area contributed by atoms with Gasteiger partial charge in [-0.1, -0.05) is 94.5 Å². The number of nitrogens with two attached hydrogens (primary N) is 1. The predicted molar refractivity (Wildman–Crippen MR) is 189 cm³/mol. The molecule has 1 aromatic carbocycles. The van der Waals surface area contributed by atoms with E-state index in [9.17, 15) is 38.7 Å². The Morgan fingerprint density at radius 1 is 0.788 bits per heavy atom. The molecule has 2 aliphatic heterocycles. The lowest BCUT2D eigenvalue weighted by Crippen LogP contribution is -2.61. The van der Waals surface area contributed by atoms with Gasteiger partial charge in [0.25, 0.3) is 0 Å². The highest BCUT2D eigenvalue weighted by Gasteiger charge is 2.48. The van der Waals surface area contributed by atoms with Gasteiger partial charge in [-0.05, 0) is 31.2 Å². The highest BCUT2D eigenvalue weighted by molar-refractivity contribution is 5.97. The Morgan fingerprint density at radius 3 is 1.92 bits per heavy atom. The normalized spacial score (nSPS) is 19.3. The van der Waals surface area contributed by atoms with Gasteiger partial charge < -0.3 is 41.5 Å². The van der Waals surface area contributed by atoms with E-state index < -0.39 is 72.4 Å². The van der Waals surface area contributed by atoms with Crippen molar-refractivity contribution in [1.82, 2.24) is 20.9 Å². The first-order valence-corrected chi connectivity index (χ1v) is 18.6. The minimum absolute atomic E-state index is 0.0332. The van der Waals surface area contributed by atoms with E-state index in [1.165, 1.54) is 24.2 Å². The van der Waals surface area contributed by atoms with Crippen LogP contribution in [0.3, 0.4) is 0 Å². The number of hydrogen-bond donors (Lipinski definition) is 6. The number of hydrogen-bond acceptors (Lipinski definition) is 8. The molecule has 0 aliphatic carbocycles. The second kappa shape index (κ2) is 22.4. The zero-order valence-electron chi connectivity index (χ0n) is 29.9. The van der Waals surface area contributed by atoms with Gasteiger partial charge in [0.2, 0.25) is 29.5 Å². The highest BCUT2D eigenvalue weighted by atomic mass is 16.5. The van der Waals surface area contributed by atoms with Gasteiger partial charge >= 0.3 is 11.9 Å². The van der Waals surface area contributed by atoms with Crippen LogP contribution in [0.2, 0.25) is 0 Å². The van der Waals surface area contributed by atoms with Crippen molar-refractivity contribution in [3.05, 3.63) is 35.9 Å². The Kier molecular flexibility index (Phi) is 18.1. The molecule has 2 heterocycles. The maximum Gasteiger partial charge on any atom is 0.326 e. The van der Waals surface area contributed by atoms with Crippen LogP contribution in [0.4, 0.5) is 0 Å². The van der Waals surface area contributed by atoms with Crippen LogP contribution in [0, 0.1) is 0 Å². The molecule has 5 atom stereocenters. The number of rotatable bonds is 25. The molecule has 1 aromatic rings. The van der Waals surface area contributed by atoms with Crippen molar-refractivity contribution in [3.8, 4) is 0 Å². The van der Waals surface area contributed by atoms with Crippen LogP contribution in [0.15, 0.2) is 30.3 Å². The SMILES string of the molecule is NC(=O)C[C@H](NC(=O)[C@@H]1CO[C@H]2CC[C@H](NC(=O)CCCCCCCCCCCCCCC(=O)O)C(=O)N21)C(=O)N[C@@H](Cc1ccccc1)C(=O)O. The fourth-order valence-electron chi connectivity index (χ4n) is 6.63. The number of fused-ring (bicyclic) bond motifs is 1. The molecule has 2 saturated heterocycles. The summed E-state index contributed by atoms with van der Waals surface area (Å²) in [4.78, 5) is 88.3. The zero-order valence-corrected chi connectivity index (χ0v) is 29.9. The number of carboxylic acids is 2. The third-order valence-electron chi connectivity index (χ3n) is 9.47. The average Bonchev–Trinajstić information content (AvgIpc) is 3.54. The maximum atomic E-state index is 13.5. The van der Waals surface area contributed by atoms with Gasteiger partial charge in [-0.15, -0.1) is 0 Å². The van der Waals surface area contributed by atoms with Crippen LogP contribution >= 0.6 is 0 Å². The minimum atomic E-state index is -1.50. The molecule has 2 fully saturated rings. The molecule has 3 rings (SSSR count). The number of carbonyl (C=O) groups excluding carboxylic acids is 5. The molecule has 15 heteroatoms. The van der Waals surface area contributed by atoms with E-state index in [4.69, 9.17) is 15.6 Å². The lowest BCUT2D eigenvalue weighted by atomic mass is 10.0. The molecule has 288 valence electrons. The predicted octanol–water partition coefficient (Wildman–Crippen LogP) is 2.54. The Bertz CT molecular complexity index is 1360. The van der Waals surface area contributed by atoms with Gasteiger partial charge in [0.1, 0.15) is 30.4 Å².